The van der Waals surface area contributed by atoms with Gasteiger partial charge in [0.05, 0.1) is 36.8 Å². The van der Waals surface area contributed by atoms with E-state index in [0.717, 1.165) is 4.88 Å². The van der Waals surface area contributed by atoms with Crippen molar-refractivity contribution in [3.63, 3.8) is 0 Å². The minimum absolute atomic E-state index is 0.0527. The van der Waals surface area contributed by atoms with Gasteiger partial charge < -0.3 is 14.8 Å². The molecule has 0 aliphatic rings. The van der Waals surface area contributed by atoms with Crippen LogP contribution in [0.5, 0.6) is 11.5 Å². The van der Waals surface area contributed by atoms with E-state index in [4.69, 9.17) is 14.7 Å². The normalized spacial score (nSPS) is 10.2. The van der Waals surface area contributed by atoms with Gasteiger partial charge in [-0.1, -0.05) is 6.07 Å². The van der Waals surface area contributed by atoms with E-state index >= 15 is 0 Å². The minimum Gasteiger partial charge on any atom is -0.490 e. The first-order chi connectivity index (χ1) is 14.1. The van der Waals surface area contributed by atoms with Crippen LogP contribution in [0.2, 0.25) is 0 Å². The topological polar surface area (TPSA) is 101 Å². The SMILES string of the molecule is CCOc1cc(C#N)ccc1OC(=O)Cc1csc(NC(=O)Cc2cccs2)n1. The Morgan fingerprint density at radius 3 is 2.79 bits per heavy atom. The number of amides is 1. The Morgan fingerprint density at radius 1 is 1.21 bits per heavy atom. The number of thiophene rings is 1. The fourth-order valence-electron chi connectivity index (χ4n) is 2.42. The van der Waals surface area contributed by atoms with Crippen LogP contribution in [-0.4, -0.2) is 23.5 Å². The minimum atomic E-state index is -0.516. The molecular formula is C20H17N3O4S2. The molecule has 3 aromatic rings. The summed E-state index contributed by atoms with van der Waals surface area (Å²) in [5.41, 5.74) is 0.911. The van der Waals surface area contributed by atoms with Crippen molar-refractivity contribution >= 4 is 39.7 Å². The van der Waals surface area contributed by atoms with Crippen LogP contribution in [0.3, 0.4) is 0 Å². The summed E-state index contributed by atoms with van der Waals surface area (Å²) < 4.78 is 10.8. The number of rotatable bonds is 8. The number of esters is 1. The summed E-state index contributed by atoms with van der Waals surface area (Å²) in [5, 5.41) is 15.8. The van der Waals surface area contributed by atoms with Crippen LogP contribution in [0.25, 0.3) is 0 Å². The predicted molar refractivity (Wildman–Crippen MR) is 110 cm³/mol. The summed E-state index contributed by atoms with van der Waals surface area (Å²) in [4.78, 5) is 29.5. The maximum atomic E-state index is 12.3. The summed E-state index contributed by atoms with van der Waals surface area (Å²) in [6.45, 7) is 2.17. The maximum Gasteiger partial charge on any atom is 0.317 e. The standard InChI is InChI=1S/C20H17N3O4S2/c1-2-26-17-8-13(11-21)5-6-16(17)27-19(25)9-14-12-29-20(22-14)23-18(24)10-15-4-3-7-28-15/h3-8,12H,2,9-10H2,1H3,(H,22,23,24). The number of thiazole rings is 1. The average molecular weight is 428 g/mol. The molecule has 7 nitrogen and oxygen atoms in total. The van der Waals surface area contributed by atoms with Gasteiger partial charge in [0.2, 0.25) is 5.91 Å². The number of benzene rings is 1. The molecule has 0 bridgehead atoms. The number of nitriles is 1. The number of carbonyl (C=O) groups is 2. The van der Waals surface area contributed by atoms with Crippen molar-refractivity contribution in [2.24, 2.45) is 0 Å². The van der Waals surface area contributed by atoms with Crippen molar-refractivity contribution in [3.05, 3.63) is 57.2 Å². The predicted octanol–water partition coefficient (Wildman–Crippen LogP) is 3.80. The third-order valence-electron chi connectivity index (χ3n) is 3.63. The summed E-state index contributed by atoms with van der Waals surface area (Å²) >= 11 is 2.76. The van der Waals surface area contributed by atoms with Gasteiger partial charge in [-0.2, -0.15) is 5.26 Å². The third kappa shape index (κ3) is 5.88. The first-order valence-corrected chi connectivity index (χ1v) is 10.5. The molecule has 2 heterocycles. The van der Waals surface area contributed by atoms with Gasteiger partial charge in [0.1, 0.15) is 0 Å². The molecule has 1 aromatic carbocycles. The van der Waals surface area contributed by atoms with Gasteiger partial charge in [-0.15, -0.1) is 22.7 Å². The van der Waals surface area contributed by atoms with Crippen LogP contribution in [0, 0.1) is 11.3 Å². The highest BCUT2D eigenvalue weighted by Crippen LogP contribution is 2.29. The van der Waals surface area contributed by atoms with Gasteiger partial charge >= 0.3 is 5.97 Å². The van der Waals surface area contributed by atoms with Gasteiger partial charge in [-0.05, 0) is 30.5 Å². The van der Waals surface area contributed by atoms with Gasteiger partial charge in [0.15, 0.2) is 16.6 Å². The van der Waals surface area contributed by atoms with E-state index in [0.29, 0.717) is 28.7 Å². The van der Waals surface area contributed by atoms with Crippen LogP contribution >= 0.6 is 22.7 Å². The van der Waals surface area contributed by atoms with Crippen LogP contribution in [0.4, 0.5) is 5.13 Å². The lowest BCUT2D eigenvalue weighted by molar-refractivity contribution is -0.133. The van der Waals surface area contributed by atoms with Crippen molar-refractivity contribution in [2.45, 2.75) is 19.8 Å². The van der Waals surface area contributed by atoms with Gasteiger partial charge in [-0.3, -0.25) is 9.59 Å². The van der Waals surface area contributed by atoms with E-state index in [9.17, 15) is 9.59 Å². The number of anilines is 1. The molecule has 1 amide bonds. The molecule has 0 radical (unpaired) electrons. The lowest BCUT2D eigenvalue weighted by Crippen LogP contribution is -2.14. The van der Waals surface area contributed by atoms with E-state index in [1.54, 1.807) is 18.4 Å². The van der Waals surface area contributed by atoms with E-state index < -0.39 is 5.97 Å². The average Bonchev–Trinajstić information content (AvgIpc) is 3.35. The van der Waals surface area contributed by atoms with Crippen LogP contribution < -0.4 is 14.8 Å². The highest BCUT2D eigenvalue weighted by molar-refractivity contribution is 7.14. The number of aromatic nitrogens is 1. The van der Waals surface area contributed by atoms with E-state index in [-0.39, 0.29) is 24.5 Å². The van der Waals surface area contributed by atoms with E-state index in [1.165, 1.54) is 34.8 Å². The Balaban J connectivity index is 1.58. The Hall–Kier alpha value is -3.22. The fourth-order valence-corrected chi connectivity index (χ4v) is 3.85. The van der Waals surface area contributed by atoms with Crippen molar-refractivity contribution in [1.82, 2.24) is 4.98 Å². The van der Waals surface area contributed by atoms with E-state index in [2.05, 4.69) is 10.3 Å². The second-order valence-electron chi connectivity index (χ2n) is 5.81. The largest absolute Gasteiger partial charge is 0.490 e. The maximum absolute atomic E-state index is 12.3. The van der Waals surface area contributed by atoms with Crippen LogP contribution in [-0.2, 0) is 22.4 Å². The zero-order valence-corrected chi connectivity index (χ0v) is 17.1. The molecule has 0 aliphatic carbocycles. The van der Waals surface area contributed by atoms with Crippen molar-refractivity contribution < 1.29 is 19.1 Å². The lowest BCUT2D eigenvalue weighted by Gasteiger charge is -2.10. The molecule has 148 valence electrons. The molecule has 1 N–H and O–H groups in total. The molecular weight excluding hydrogens is 410 g/mol. The molecule has 29 heavy (non-hydrogen) atoms. The van der Waals surface area contributed by atoms with Crippen molar-refractivity contribution in [2.75, 3.05) is 11.9 Å². The number of hydrogen-bond acceptors (Lipinski definition) is 8. The Kier molecular flexibility index (Phi) is 6.94. The highest BCUT2D eigenvalue weighted by Gasteiger charge is 2.15. The first kappa shape index (κ1) is 20.5. The summed E-state index contributed by atoms with van der Waals surface area (Å²) in [6.07, 6.45) is 0.233. The molecule has 0 fully saturated rings. The molecule has 0 saturated carbocycles. The summed E-state index contributed by atoms with van der Waals surface area (Å²) in [5.74, 6) is -0.0949. The first-order valence-electron chi connectivity index (χ1n) is 8.71. The zero-order valence-electron chi connectivity index (χ0n) is 15.5. The molecule has 0 spiro atoms. The van der Waals surface area contributed by atoms with Crippen molar-refractivity contribution in [3.8, 4) is 17.6 Å². The smallest absolute Gasteiger partial charge is 0.317 e. The number of nitrogens with one attached hydrogen (secondary N) is 1. The molecule has 0 unspecified atom stereocenters. The van der Waals surface area contributed by atoms with Crippen LogP contribution in [0.15, 0.2) is 41.1 Å². The molecule has 3 rings (SSSR count). The second kappa shape index (κ2) is 9.82. The zero-order chi connectivity index (χ0) is 20.6. The molecule has 0 saturated heterocycles. The number of ether oxygens (including phenoxy) is 2. The van der Waals surface area contributed by atoms with Crippen LogP contribution in [0.1, 0.15) is 23.1 Å². The van der Waals surface area contributed by atoms with E-state index in [1.807, 2.05) is 23.6 Å². The number of hydrogen-bond donors (Lipinski definition) is 1. The molecule has 9 heteroatoms. The van der Waals surface area contributed by atoms with Gasteiger partial charge in [0, 0.05) is 16.3 Å². The molecule has 0 atom stereocenters. The fraction of sp³-hybridized carbons (Fsp3) is 0.200. The quantitative estimate of drug-likeness (QED) is 0.433. The number of nitrogens with zero attached hydrogens (tertiary/aromatic N) is 2. The Bertz CT molecular complexity index is 1040. The Labute approximate surface area is 175 Å². The summed E-state index contributed by atoms with van der Waals surface area (Å²) in [6, 6.07) is 10.4. The van der Waals surface area contributed by atoms with Gasteiger partial charge in [0.25, 0.3) is 0 Å². The summed E-state index contributed by atoms with van der Waals surface area (Å²) in [7, 11) is 0. The van der Waals surface area contributed by atoms with Crippen molar-refractivity contribution in [1.29, 1.82) is 5.26 Å². The second-order valence-corrected chi connectivity index (χ2v) is 7.70. The highest BCUT2D eigenvalue weighted by atomic mass is 32.1. The lowest BCUT2D eigenvalue weighted by atomic mass is 10.2. The monoisotopic (exact) mass is 427 g/mol. The third-order valence-corrected chi connectivity index (χ3v) is 5.32. The van der Waals surface area contributed by atoms with Gasteiger partial charge in [-0.25, -0.2) is 4.98 Å². The number of carbonyl (C=O) groups excluding carboxylic acids is 2. The molecule has 0 aliphatic heterocycles. The molecule has 2 aromatic heterocycles. The Morgan fingerprint density at radius 2 is 2.07 bits per heavy atom.